The molecule has 0 radical (unpaired) electrons. The van der Waals surface area contributed by atoms with E-state index in [0.29, 0.717) is 25.4 Å². The molecule has 5 fully saturated rings. The van der Waals surface area contributed by atoms with Gasteiger partial charge in [-0.15, -0.1) is 0 Å². The molecule has 5 amide bonds. The van der Waals surface area contributed by atoms with E-state index in [4.69, 9.17) is 4.98 Å². The predicted octanol–water partition coefficient (Wildman–Crippen LogP) is 6.41. The van der Waals surface area contributed by atoms with Crippen molar-refractivity contribution < 1.29 is 24.0 Å². The Labute approximate surface area is 351 Å². The van der Waals surface area contributed by atoms with E-state index in [1.54, 1.807) is 4.90 Å². The third-order valence-electron chi connectivity index (χ3n) is 13.3. The van der Waals surface area contributed by atoms with Crippen molar-refractivity contribution in [2.75, 3.05) is 13.1 Å². The number of amides is 5. The SMILES string of the molecule is O=C(N[C@@H](C(=O)N1CCC[C@H]1C(=O)N[C@H]1CC[C@H](c2ccc(-c3cnc([C@@H]4CCCN4C(=O)[C@H](NC(=O)C4CC4)c4ccccc4)[nH]3)cc2)CC1)c1ccccc1)C1CC1. The quantitative estimate of drug-likeness (QED) is 0.122. The Morgan fingerprint density at radius 3 is 1.73 bits per heavy atom. The Balaban J connectivity index is 0.789. The highest BCUT2D eigenvalue weighted by molar-refractivity contribution is 5.94. The van der Waals surface area contributed by atoms with Gasteiger partial charge in [-0.1, -0.05) is 84.9 Å². The van der Waals surface area contributed by atoms with Crippen LogP contribution in [0.15, 0.2) is 91.1 Å². The van der Waals surface area contributed by atoms with E-state index in [0.717, 1.165) is 98.8 Å². The maximum Gasteiger partial charge on any atom is 0.250 e. The van der Waals surface area contributed by atoms with Crippen molar-refractivity contribution in [1.82, 2.24) is 35.7 Å². The molecule has 3 heterocycles. The lowest BCUT2D eigenvalue weighted by atomic mass is 9.81. The largest absolute Gasteiger partial charge is 0.352 e. The number of aromatic amines is 1. The van der Waals surface area contributed by atoms with E-state index >= 15 is 0 Å². The number of hydrogen-bond donors (Lipinski definition) is 4. The second kappa shape index (κ2) is 17.4. The number of aromatic nitrogens is 2. The van der Waals surface area contributed by atoms with Crippen molar-refractivity contribution in [3.05, 3.63) is 114 Å². The zero-order chi connectivity index (χ0) is 41.2. The molecule has 12 heteroatoms. The van der Waals surface area contributed by atoms with Gasteiger partial charge in [-0.2, -0.15) is 0 Å². The molecule has 4 aromatic rings. The summed E-state index contributed by atoms with van der Waals surface area (Å²) in [6, 6.07) is 25.2. The van der Waals surface area contributed by atoms with Gasteiger partial charge in [0.15, 0.2) is 0 Å². The summed E-state index contributed by atoms with van der Waals surface area (Å²) in [5.41, 5.74) is 4.70. The zero-order valence-electron chi connectivity index (χ0n) is 34.1. The summed E-state index contributed by atoms with van der Waals surface area (Å²) in [5.74, 6) is 0.538. The number of nitrogens with one attached hydrogen (secondary N) is 4. The van der Waals surface area contributed by atoms with Crippen LogP contribution in [-0.4, -0.2) is 74.5 Å². The van der Waals surface area contributed by atoms with Gasteiger partial charge >= 0.3 is 0 Å². The van der Waals surface area contributed by atoms with Gasteiger partial charge in [0, 0.05) is 31.0 Å². The summed E-state index contributed by atoms with van der Waals surface area (Å²) in [4.78, 5) is 79.2. The molecule has 0 unspecified atom stereocenters. The Kier molecular flexibility index (Phi) is 11.5. The third kappa shape index (κ3) is 8.74. The summed E-state index contributed by atoms with van der Waals surface area (Å²) in [5, 5.41) is 9.33. The Morgan fingerprint density at radius 1 is 0.600 bits per heavy atom. The van der Waals surface area contributed by atoms with Crippen LogP contribution in [-0.2, 0) is 24.0 Å². The minimum atomic E-state index is -0.802. The molecule has 2 saturated heterocycles. The first kappa shape index (κ1) is 39.7. The van der Waals surface area contributed by atoms with Crippen molar-refractivity contribution in [2.24, 2.45) is 11.8 Å². The molecule has 3 saturated carbocycles. The smallest absolute Gasteiger partial charge is 0.250 e. The van der Waals surface area contributed by atoms with Gasteiger partial charge in [-0.25, -0.2) is 4.98 Å². The van der Waals surface area contributed by atoms with Gasteiger partial charge < -0.3 is 30.7 Å². The molecular weight excluding hydrogens is 755 g/mol. The van der Waals surface area contributed by atoms with Crippen molar-refractivity contribution >= 4 is 29.5 Å². The second-order valence-corrected chi connectivity index (χ2v) is 17.5. The van der Waals surface area contributed by atoms with Gasteiger partial charge in [0.05, 0.1) is 17.9 Å². The van der Waals surface area contributed by atoms with Crippen LogP contribution in [0, 0.1) is 11.8 Å². The molecule has 9 rings (SSSR count). The highest BCUT2D eigenvalue weighted by Crippen LogP contribution is 2.37. The lowest BCUT2D eigenvalue weighted by Gasteiger charge is -2.32. The Hall–Kier alpha value is -5.78. The number of rotatable bonds is 13. The molecule has 3 aromatic carbocycles. The van der Waals surface area contributed by atoms with E-state index in [1.165, 1.54) is 5.56 Å². The van der Waals surface area contributed by atoms with E-state index in [9.17, 15) is 24.0 Å². The molecule has 312 valence electrons. The first-order valence-corrected chi connectivity index (χ1v) is 22.1. The highest BCUT2D eigenvalue weighted by Gasteiger charge is 2.42. The van der Waals surface area contributed by atoms with Gasteiger partial charge in [0.1, 0.15) is 23.9 Å². The summed E-state index contributed by atoms with van der Waals surface area (Å²) in [7, 11) is 0. The molecule has 3 aliphatic carbocycles. The fourth-order valence-corrected chi connectivity index (χ4v) is 9.48. The Morgan fingerprint density at radius 2 is 1.15 bits per heavy atom. The minimum Gasteiger partial charge on any atom is -0.352 e. The van der Waals surface area contributed by atoms with E-state index in [1.807, 2.05) is 71.8 Å². The second-order valence-electron chi connectivity index (χ2n) is 17.5. The highest BCUT2D eigenvalue weighted by atomic mass is 16.2. The maximum absolute atomic E-state index is 14.1. The first-order valence-electron chi connectivity index (χ1n) is 22.1. The number of hydrogen-bond acceptors (Lipinski definition) is 6. The number of benzene rings is 3. The molecule has 1 aromatic heterocycles. The topological polar surface area (TPSA) is 157 Å². The van der Waals surface area contributed by atoms with Crippen LogP contribution in [0.5, 0.6) is 0 Å². The summed E-state index contributed by atoms with van der Waals surface area (Å²) in [6.07, 6.45) is 11.9. The summed E-state index contributed by atoms with van der Waals surface area (Å²) >= 11 is 0. The standard InChI is InChI=1S/C48H55N7O5/c56-44(35-19-20-35)52-41(33-9-3-1-4-10-33)47(59)54-27-7-13-39(54)43-49-29-38(51-43)32-17-15-30(16-18-32)31-23-25-37(26-24-31)50-46(58)40-14-8-28-55(40)48(60)42(34-11-5-2-6-12-34)53-45(57)36-21-22-36/h1-6,9-12,15-18,29,31,35-37,39-42H,7-8,13-14,19-28H2,(H,49,51)(H,50,58)(H,52,56)(H,53,57)/t31-,37-,39-,40-,41+,42+/m0/s1. The molecule has 12 nitrogen and oxygen atoms in total. The summed E-state index contributed by atoms with van der Waals surface area (Å²) in [6.45, 7) is 1.11. The molecule has 60 heavy (non-hydrogen) atoms. The summed E-state index contributed by atoms with van der Waals surface area (Å²) < 4.78 is 0. The molecular formula is C48H55N7O5. The molecule has 5 aliphatic rings. The number of likely N-dealkylation sites (tertiary alicyclic amines) is 2. The van der Waals surface area contributed by atoms with Gasteiger partial charge in [-0.3, -0.25) is 24.0 Å². The molecule has 4 N–H and O–H groups in total. The molecule has 4 atom stereocenters. The van der Waals surface area contributed by atoms with Crippen LogP contribution in [0.25, 0.3) is 11.3 Å². The van der Waals surface area contributed by atoms with E-state index in [-0.39, 0.29) is 53.5 Å². The number of imidazole rings is 1. The normalized spacial score (nSPS) is 23.7. The van der Waals surface area contributed by atoms with Crippen LogP contribution in [0.4, 0.5) is 0 Å². The Bertz CT molecular complexity index is 2180. The molecule has 2 aliphatic heterocycles. The third-order valence-corrected chi connectivity index (χ3v) is 13.3. The van der Waals surface area contributed by atoms with Crippen LogP contribution in [0.2, 0.25) is 0 Å². The van der Waals surface area contributed by atoms with Crippen LogP contribution in [0.1, 0.15) is 124 Å². The minimum absolute atomic E-state index is 0.00182. The van der Waals surface area contributed by atoms with Crippen molar-refractivity contribution in [3.63, 3.8) is 0 Å². The zero-order valence-corrected chi connectivity index (χ0v) is 34.1. The van der Waals surface area contributed by atoms with Crippen LogP contribution in [0.3, 0.4) is 0 Å². The average molecular weight is 810 g/mol. The van der Waals surface area contributed by atoms with Gasteiger partial charge in [0.25, 0.3) is 0 Å². The van der Waals surface area contributed by atoms with Crippen LogP contribution >= 0.6 is 0 Å². The molecule has 0 bridgehead atoms. The monoisotopic (exact) mass is 809 g/mol. The maximum atomic E-state index is 14.1. The van der Waals surface area contributed by atoms with Gasteiger partial charge in [0.2, 0.25) is 29.5 Å². The van der Waals surface area contributed by atoms with E-state index < -0.39 is 18.1 Å². The van der Waals surface area contributed by atoms with E-state index in [2.05, 4.69) is 45.2 Å². The number of carbonyl (C=O) groups is 5. The predicted molar refractivity (Wildman–Crippen MR) is 226 cm³/mol. The van der Waals surface area contributed by atoms with Gasteiger partial charge in [-0.05, 0) is 105 Å². The lowest BCUT2D eigenvalue weighted by molar-refractivity contribution is -0.142. The van der Waals surface area contributed by atoms with Crippen molar-refractivity contribution in [2.45, 2.75) is 113 Å². The first-order chi connectivity index (χ1) is 29.3. The molecule has 0 spiro atoms. The number of nitrogens with zero attached hydrogens (tertiary/aromatic N) is 3. The average Bonchev–Trinajstić information content (AvgIpc) is 4.16. The lowest BCUT2D eigenvalue weighted by Crippen LogP contribution is -2.52. The fraction of sp³-hybridized carbons (Fsp3) is 0.458. The number of H-pyrrole nitrogens is 1. The van der Waals surface area contributed by atoms with Crippen LogP contribution < -0.4 is 16.0 Å². The number of carbonyl (C=O) groups excluding carboxylic acids is 5. The van der Waals surface area contributed by atoms with Crippen molar-refractivity contribution in [3.8, 4) is 11.3 Å². The fourth-order valence-electron chi connectivity index (χ4n) is 9.48. The van der Waals surface area contributed by atoms with Crippen molar-refractivity contribution in [1.29, 1.82) is 0 Å².